The number of hydrogen-bond donors (Lipinski definition) is 2. The number of anilines is 1. The molecule has 2 aromatic rings. The molecule has 0 fully saturated rings. The van der Waals surface area contributed by atoms with E-state index in [0.717, 1.165) is 0 Å². The highest BCUT2D eigenvalue weighted by atomic mass is 32.1. The summed E-state index contributed by atoms with van der Waals surface area (Å²) < 4.78 is 18.3. The zero-order chi connectivity index (χ0) is 18.2. The summed E-state index contributed by atoms with van der Waals surface area (Å²) in [5.74, 6) is -1.49. The van der Waals surface area contributed by atoms with Crippen molar-refractivity contribution in [2.24, 2.45) is 0 Å². The van der Waals surface area contributed by atoms with Crippen molar-refractivity contribution in [1.82, 2.24) is 10.3 Å². The lowest BCUT2D eigenvalue weighted by molar-refractivity contribution is -0.124. The van der Waals surface area contributed by atoms with Crippen LogP contribution >= 0.6 is 11.3 Å². The number of ether oxygens (including phenoxy) is 1. The van der Waals surface area contributed by atoms with Gasteiger partial charge in [0.25, 0.3) is 5.91 Å². The largest absolute Gasteiger partial charge is 0.451 e. The van der Waals surface area contributed by atoms with Crippen LogP contribution in [0.3, 0.4) is 0 Å². The summed E-state index contributed by atoms with van der Waals surface area (Å²) in [6, 6.07) is 4.71. The number of thiazole rings is 1. The number of aromatic nitrogens is 1. The fraction of sp³-hybridized carbons (Fsp3) is 0.235. The second-order valence-corrected chi connectivity index (χ2v) is 6.00. The third kappa shape index (κ3) is 5.68. The summed E-state index contributed by atoms with van der Waals surface area (Å²) in [4.78, 5) is 27.6. The van der Waals surface area contributed by atoms with Crippen molar-refractivity contribution >= 4 is 28.3 Å². The molecule has 1 amide bonds. The number of amides is 1. The second kappa shape index (κ2) is 8.93. The molecule has 0 spiro atoms. The molecule has 0 aliphatic carbocycles. The Morgan fingerprint density at radius 3 is 2.96 bits per heavy atom. The Morgan fingerprint density at radius 2 is 2.24 bits per heavy atom. The monoisotopic (exact) mass is 363 g/mol. The molecule has 8 heteroatoms. The summed E-state index contributed by atoms with van der Waals surface area (Å²) >= 11 is 1.26. The van der Waals surface area contributed by atoms with Crippen LogP contribution in [0.25, 0.3) is 0 Å². The highest BCUT2D eigenvalue weighted by molar-refractivity contribution is 7.13. The van der Waals surface area contributed by atoms with Crippen molar-refractivity contribution in [1.29, 1.82) is 0 Å². The fourth-order valence-corrected chi connectivity index (χ4v) is 2.50. The van der Waals surface area contributed by atoms with Gasteiger partial charge in [-0.2, -0.15) is 0 Å². The number of carbonyl (C=O) groups is 2. The van der Waals surface area contributed by atoms with E-state index in [1.165, 1.54) is 17.4 Å². The molecular weight excluding hydrogens is 345 g/mol. The molecule has 2 rings (SSSR count). The molecule has 0 atom stereocenters. The molecule has 1 heterocycles. The summed E-state index contributed by atoms with van der Waals surface area (Å²) in [6.45, 7) is 5.49. The van der Waals surface area contributed by atoms with Crippen LogP contribution in [0.15, 0.2) is 36.2 Å². The molecule has 0 bridgehead atoms. The predicted octanol–water partition coefficient (Wildman–Crippen LogP) is 2.66. The molecule has 1 aromatic heterocycles. The number of carbonyl (C=O) groups excluding carboxylic acids is 2. The average Bonchev–Trinajstić information content (AvgIpc) is 3.08. The minimum atomic E-state index is -0.681. The lowest BCUT2D eigenvalue weighted by Gasteiger charge is -2.07. The van der Waals surface area contributed by atoms with Crippen LogP contribution in [0.4, 0.5) is 9.52 Å². The van der Waals surface area contributed by atoms with Gasteiger partial charge in [0.05, 0.1) is 0 Å². The van der Waals surface area contributed by atoms with Gasteiger partial charge in [0.1, 0.15) is 5.82 Å². The van der Waals surface area contributed by atoms with E-state index in [-0.39, 0.29) is 18.1 Å². The molecule has 132 valence electrons. The second-order valence-electron chi connectivity index (χ2n) is 5.14. The smallest absolute Gasteiger partial charge is 0.358 e. The van der Waals surface area contributed by atoms with Crippen LogP contribution in [0, 0.1) is 12.7 Å². The van der Waals surface area contributed by atoms with Crippen molar-refractivity contribution < 1.29 is 18.7 Å². The van der Waals surface area contributed by atoms with Gasteiger partial charge in [-0.25, -0.2) is 14.2 Å². The van der Waals surface area contributed by atoms with Crippen LogP contribution < -0.4 is 10.6 Å². The third-order valence-electron chi connectivity index (χ3n) is 3.17. The van der Waals surface area contributed by atoms with E-state index < -0.39 is 18.5 Å². The molecule has 1 aromatic carbocycles. The summed E-state index contributed by atoms with van der Waals surface area (Å²) in [5, 5.41) is 7.62. The van der Waals surface area contributed by atoms with Crippen molar-refractivity contribution in [3.8, 4) is 0 Å². The number of nitrogens with zero attached hydrogens (tertiary/aromatic N) is 1. The molecule has 0 saturated carbocycles. The summed E-state index contributed by atoms with van der Waals surface area (Å²) in [7, 11) is 0. The SMILES string of the molecule is C=CCNc1nc(C(=O)OCC(=O)NCc2ccc(C)c(F)c2)cs1. The standard InChI is InChI=1S/C17H18FN3O3S/c1-3-6-19-17-21-14(10-25-17)16(23)24-9-15(22)20-8-12-5-4-11(2)13(18)7-12/h3-5,7,10H,1,6,8-9H2,2H3,(H,19,21)(H,20,22). The minimum Gasteiger partial charge on any atom is -0.451 e. The van der Waals surface area contributed by atoms with Gasteiger partial charge >= 0.3 is 5.97 Å². The zero-order valence-corrected chi connectivity index (χ0v) is 14.5. The van der Waals surface area contributed by atoms with Gasteiger partial charge in [-0.1, -0.05) is 18.2 Å². The van der Waals surface area contributed by atoms with Gasteiger partial charge in [0.2, 0.25) is 0 Å². The van der Waals surface area contributed by atoms with E-state index in [1.807, 2.05) is 0 Å². The molecule has 0 aliphatic heterocycles. The Labute approximate surface area is 148 Å². The van der Waals surface area contributed by atoms with E-state index >= 15 is 0 Å². The first-order chi connectivity index (χ1) is 12.0. The van der Waals surface area contributed by atoms with E-state index in [0.29, 0.717) is 22.8 Å². The van der Waals surface area contributed by atoms with Crippen molar-refractivity contribution in [3.05, 3.63) is 58.9 Å². The molecule has 0 saturated heterocycles. The number of aryl methyl sites for hydroxylation is 1. The Bertz CT molecular complexity index is 776. The topological polar surface area (TPSA) is 80.3 Å². The van der Waals surface area contributed by atoms with Gasteiger partial charge in [0.15, 0.2) is 17.4 Å². The molecule has 0 unspecified atom stereocenters. The maximum atomic E-state index is 13.4. The summed E-state index contributed by atoms with van der Waals surface area (Å²) in [5.41, 5.74) is 1.29. The minimum absolute atomic E-state index is 0.130. The van der Waals surface area contributed by atoms with Gasteiger partial charge in [-0.05, 0) is 24.1 Å². The van der Waals surface area contributed by atoms with Crippen molar-refractivity contribution in [2.75, 3.05) is 18.5 Å². The van der Waals surface area contributed by atoms with Gasteiger partial charge in [0, 0.05) is 18.5 Å². The first kappa shape index (κ1) is 18.6. The number of nitrogens with one attached hydrogen (secondary N) is 2. The molecular formula is C17H18FN3O3S. The lowest BCUT2D eigenvalue weighted by atomic mass is 10.1. The molecule has 6 nitrogen and oxygen atoms in total. The van der Waals surface area contributed by atoms with Crippen molar-refractivity contribution in [2.45, 2.75) is 13.5 Å². The normalized spacial score (nSPS) is 10.2. The van der Waals surface area contributed by atoms with E-state index in [2.05, 4.69) is 22.2 Å². The lowest BCUT2D eigenvalue weighted by Crippen LogP contribution is -2.28. The van der Waals surface area contributed by atoms with E-state index in [4.69, 9.17) is 4.74 Å². The van der Waals surface area contributed by atoms with Gasteiger partial charge in [-0.3, -0.25) is 4.79 Å². The highest BCUT2D eigenvalue weighted by Crippen LogP contribution is 2.15. The fourth-order valence-electron chi connectivity index (χ4n) is 1.81. The van der Waals surface area contributed by atoms with Crippen LogP contribution in [-0.2, 0) is 16.1 Å². The van der Waals surface area contributed by atoms with E-state index in [9.17, 15) is 14.0 Å². The van der Waals surface area contributed by atoms with Crippen LogP contribution in [0.1, 0.15) is 21.6 Å². The van der Waals surface area contributed by atoms with Gasteiger partial charge in [-0.15, -0.1) is 17.9 Å². The van der Waals surface area contributed by atoms with Crippen LogP contribution in [-0.4, -0.2) is 30.0 Å². The number of benzene rings is 1. The average molecular weight is 363 g/mol. The third-order valence-corrected chi connectivity index (χ3v) is 3.97. The van der Waals surface area contributed by atoms with Crippen LogP contribution in [0.5, 0.6) is 0 Å². The Hall–Kier alpha value is -2.74. The Morgan fingerprint density at radius 1 is 1.44 bits per heavy atom. The number of hydrogen-bond acceptors (Lipinski definition) is 6. The quantitative estimate of drug-likeness (QED) is 0.557. The highest BCUT2D eigenvalue weighted by Gasteiger charge is 2.14. The van der Waals surface area contributed by atoms with Gasteiger partial charge < -0.3 is 15.4 Å². The number of esters is 1. The van der Waals surface area contributed by atoms with Crippen molar-refractivity contribution in [3.63, 3.8) is 0 Å². The van der Waals surface area contributed by atoms with Crippen LogP contribution in [0.2, 0.25) is 0 Å². The van der Waals surface area contributed by atoms with E-state index in [1.54, 1.807) is 30.5 Å². The Kier molecular flexibility index (Phi) is 6.64. The molecule has 25 heavy (non-hydrogen) atoms. The Balaban J connectivity index is 1.77. The number of rotatable bonds is 8. The molecule has 0 radical (unpaired) electrons. The number of halogens is 1. The first-order valence-corrected chi connectivity index (χ1v) is 8.36. The maximum absolute atomic E-state index is 13.4. The summed E-state index contributed by atoms with van der Waals surface area (Å²) in [6.07, 6.45) is 1.67. The first-order valence-electron chi connectivity index (χ1n) is 7.48. The maximum Gasteiger partial charge on any atom is 0.358 e. The zero-order valence-electron chi connectivity index (χ0n) is 13.7. The molecule has 0 aliphatic rings. The predicted molar refractivity (Wildman–Crippen MR) is 94.1 cm³/mol. The molecule has 2 N–H and O–H groups in total.